The second-order valence-electron chi connectivity index (χ2n) is 4.28. The first-order chi connectivity index (χ1) is 7.77. The third-order valence-corrected chi connectivity index (χ3v) is 3.13. The molecule has 0 spiro atoms. The van der Waals surface area contributed by atoms with Gasteiger partial charge in [-0.1, -0.05) is 18.2 Å². The van der Waals surface area contributed by atoms with Gasteiger partial charge in [0.25, 0.3) is 0 Å². The van der Waals surface area contributed by atoms with Crippen molar-refractivity contribution in [2.45, 2.75) is 19.3 Å². The quantitative estimate of drug-likeness (QED) is 0.842. The van der Waals surface area contributed by atoms with Crippen molar-refractivity contribution in [3.05, 3.63) is 35.4 Å². The van der Waals surface area contributed by atoms with Crippen LogP contribution in [0.2, 0.25) is 0 Å². The van der Waals surface area contributed by atoms with Crippen molar-refractivity contribution in [1.29, 1.82) is 0 Å². The minimum Gasteiger partial charge on any atom is -0.381 e. The highest BCUT2D eigenvalue weighted by Crippen LogP contribution is 2.21. The largest absolute Gasteiger partial charge is 0.381 e. The first kappa shape index (κ1) is 11.1. The fourth-order valence-corrected chi connectivity index (χ4v) is 2.20. The summed E-state index contributed by atoms with van der Waals surface area (Å²) in [6, 6.07) is 7.61. The number of amides is 1. The van der Waals surface area contributed by atoms with Crippen LogP contribution in [0.5, 0.6) is 0 Å². The average Bonchev–Trinajstić information content (AvgIpc) is 2.31. The highest BCUT2D eigenvalue weighted by Gasteiger charge is 2.16. The summed E-state index contributed by atoms with van der Waals surface area (Å²) in [6.07, 6.45) is 3.09. The lowest BCUT2D eigenvalue weighted by molar-refractivity contribution is 0.0664. The van der Waals surface area contributed by atoms with Crippen molar-refractivity contribution >= 4 is 5.91 Å². The molecule has 16 heavy (non-hydrogen) atoms. The second kappa shape index (κ2) is 5.12. The second-order valence-corrected chi connectivity index (χ2v) is 4.28. The van der Waals surface area contributed by atoms with Crippen molar-refractivity contribution in [2.75, 3.05) is 13.2 Å². The fourth-order valence-electron chi connectivity index (χ4n) is 2.20. The molecule has 1 aromatic rings. The molecule has 0 saturated carbocycles. The molecule has 1 fully saturated rings. The molecule has 86 valence electrons. The van der Waals surface area contributed by atoms with Crippen molar-refractivity contribution in [1.82, 2.24) is 0 Å². The Balaban J connectivity index is 2.10. The molecule has 1 aliphatic rings. The summed E-state index contributed by atoms with van der Waals surface area (Å²) in [5.74, 6) is 0.289. The lowest BCUT2D eigenvalue weighted by Crippen LogP contribution is -2.20. The van der Waals surface area contributed by atoms with E-state index in [4.69, 9.17) is 10.5 Å². The van der Waals surface area contributed by atoms with Gasteiger partial charge in [0.1, 0.15) is 0 Å². The molecule has 0 bridgehead atoms. The van der Waals surface area contributed by atoms with E-state index < -0.39 is 0 Å². The first-order valence-electron chi connectivity index (χ1n) is 5.73. The van der Waals surface area contributed by atoms with Crippen LogP contribution in [0.25, 0.3) is 0 Å². The Hall–Kier alpha value is -1.35. The normalized spacial score (nSPS) is 17.2. The molecular formula is C13H17NO2. The summed E-state index contributed by atoms with van der Waals surface area (Å²) in [6.45, 7) is 1.67. The van der Waals surface area contributed by atoms with Crippen LogP contribution in [0.1, 0.15) is 28.8 Å². The van der Waals surface area contributed by atoms with Crippen molar-refractivity contribution < 1.29 is 9.53 Å². The van der Waals surface area contributed by atoms with E-state index in [9.17, 15) is 4.79 Å². The third-order valence-electron chi connectivity index (χ3n) is 3.13. The van der Waals surface area contributed by atoms with Gasteiger partial charge in [0.2, 0.25) is 5.91 Å². The number of carbonyl (C=O) groups is 1. The van der Waals surface area contributed by atoms with Crippen molar-refractivity contribution in [2.24, 2.45) is 11.7 Å². The number of hydrogen-bond acceptors (Lipinski definition) is 2. The summed E-state index contributed by atoms with van der Waals surface area (Å²) in [7, 11) is 0. The molecule has 1 aromatic carbocycles. The van der Waals surface area contributed by atoms with Gasteiger partial charge in [-0.15, -0.1) is 0 Å². The summed E-state index contributed by atoms with van der Waals surface area (Å²) < 4.78 is 5.32. The monoisotopic (exact) mass is 219 g/mol. The number of nitrogens with two attached hydrogens (primary N) is 1. The Morgan fingerprint density at radius 1 is 1.31 bits per heavy atom. The predicted molar refractivity (Wildman–Crippen MR) is 62.2 cm³/mol. The van der Waals surface area contributed by atoms with Gasteiger partial charge < -0.3 is 10.5 Å². The Kier molecular flexibility index (Phi) is 3.57. The number of ether oxygens (including phenoxy) is 1. The summed E-state index contributed by atoms with van der Waals surface area (Å²) in [5, 5.41) is 0. The maximum absolute atomic E-state index is 11.3. The van der Waals surface area contributed by atoms with Gasteiger partial charge in [-0.3, -0.25) is 4.79 Å². The zero-order chi connectivity index (χ0) is 11.4. The lowest BCUT2D eigenvalue weighted by Gasteiger charge is -2.22. The van der Waals surface area contributed by atoms with E-state index in [1.165, 1.54) is 0 Å². The van der Waals surface area contributed by atoms with Gasteiger partial charge in [-0.2, -0.15) is 0 Å². The number of carbonyl (C=O) groups excluding carboxylic acids is 1. The summed E-state index contributed by atoms with van der Waals surface area (Å²) >= 11 is 0. The van der Waals surface area contributed by atoms with Crippen molar-refractivity contribution in [3.8, 4) is 0 Å². The molecule has 0 unspecified atom stereocenters. The molecular weight excluding hydrogens is 202 g/mol. The fraction of sp³-hybridized carbons (Fsp3) is 0.462. The molecule has 0 radical (unpaired) electrons. The number of benzene rings is 1. The van der Waals surface area contributed by atoms with Crippen LogP contribution in [0.4, 0.5) is 0 Å². The summed E-state index contributed by atoms with van der Waals surface area (Å²) in [4.78, 5) is 11.3. The molecule has 0 atom stereocenters. The van der Waals surface area contributed by atoms with Gasteiger partial charge in [0.15, 0.2) is 0 Å². The van der Waals surface area contributed by atoms with E-state index in [1.54, 1.807) is 6.07 Å². The standard InChI is InChI=1S/C13H17NO2/c14-13(15)12-4-2-1-3-11(12)9-10-5-7-16-8-6-10/h1-4,10H,5-9H2,(H2,14,15). The van der Waals surface area contributed by atoms with E-state index in [-0.39, 0.29) is 5.91 Å². The molecule has 1 saturated heterocycles. The van der Waals surface area contributed by atoms with Gasteiger partial charge in [0.05, 0.1) is 0 Å². The smallest absolute Gasteiger partial charge is 0.248 e. The number of primary amides is 1. The zero-order valence-corrected chi connectivity index (χ0v) is 9.32. The lowest BCUT2D eigenvalue weighted by atomic mass is 9.90. The maximum atomic E-state index is 11.3. The van der Waals surface area contributed by atoms with Gasteiger partial charge in [-0.25, -0.2) is 0 Å². The zero-order valence-electron chi connectivity index (χ0n) is 9.32. The molecule has 1 amide bonds. The molecule has 3 nitrogen and oxygen atoms in total. The molecule has 1 aliphatic heterocycles. The van der Waals surface area contributed by atoms with E-state index >= 15 is 0 Å². The van der Waals surface area contributed by atoms with Crippen LogP contribution in [0, 0.1) is 5.92 Å². The number of rotatable bonds is 3. The average molecular weight is 219 g/mol. The van der Waals surface area contributed by atoms with Gasteiger partial charge in [-0.05, 0) is 36.8 Å². The highest BCUT2D eigenvalue weighted by atomic mass is 16.5. The Morgan fingerprint density at radius 2 is 2.00 bits per heavy atom. The minimum atomic E-state index is -0.331. The van der Waals surface area contributed by atoms with E-state index in [0.29, 0.717) is 11.5 Å². The molecule has 2 N–H and O–H groups in total. The molecule has 3 heteroatoms. The van der Waals surface area contributed by atoms with Crippen LogP contribution in [-0.4, -0.2) is 19.1 Å². The van der Waals surface area contributed by atoms with Crippen LogP contribution in [0.15, 0.2) is 24.3 Å². The van der Waals surface area contributed by atoms with Crippen LogP contribution >= 0.6 is 0 Å². The summed E-state index contributed by atoms with van der Waals surface area (Å²) in [5.41, 5.74) is 7.09. The molecule has 1 heterocycles. The maximum Gasteiger partial charge on any atom is 0.248 e. The topological polar surface area (TPSA) is 52.3 Å². The predicted octanol–water partition coefficient (Wildman–Crippen LogP) is 1.75. The van der Waals surface area contributed by atoms with Gasteiger partial charge >= 0.3 is 0 Å². The van der Waals surface area contributed by atoms with E-state index in [1.807, 2.05) is 18.2 Å². The van der Waals surface area contributed by atoms with Crippen LogP contribution in [0.3, 0.4) is 0 Å². The SMILES string of the molecule is NC(=O)c1ccccc1CC1CCOCC1. The minimum absolute atomic E-state index is 0.331. The van der Waals surface area contributed by atoms with Gasteiger partial charge in [0, 0.05) is 18.8 Å². The van der Waals surface area contributed by atoms with Crippen molar-refractivity contribution in [3.63, 3.8) is 0 Å². The molecule has 0 aromatic heterocycles. The molecule has 2 rings (SSSR count). The number of hydrogen-bond donors (Lipinski definition) is 1. The first-order valence-corrected chi connectivity index (χ1v) is 5.73. The van der Waals surface area contributed by atoms with Crippen LogP contribution in [-0.2, 0) is 11.2 Å². The third kappa shape index (κ3) is 2.61. The van der Waals surface area contributed by atoms with E-state index in [2.05, 4.69) is 0 Å². The van der Waals surface area contributed by atoms with Crippen LogP contribution < -0.4 is 5.73 Å². The Labute approximate surface area is 95.6 Å². The Bertz CT molecular complexity index is 370. The van der Waals surface area contributed by atoms with E-state index in [0.717, 1.165) is 38.0 Å². The highest BCUT2D eigenvalue weighted by molar-refractivity contribution is 5.94. The Morgan fingerprint density at radius 3 is 2.69 bits per heavy atom. The molecule has 0 aliphatic carbocycles.